The average Bonchev–Trinajstić information content (AvgIpc) is 3.75. The van der Waals surface area contributed by atoms with E-state index >= 15 is 0 Å². The molecular formula is C41H50N4O2. The van der Waals surface area contributed by atoms with Crippen LogP contribution in [0.15, 0.2) is 42.5 Å². The van der Waals surface area contributed by atoms with Crippen LogP contribution in [0.2, 0.25) is 0 Å². The molecule has 6 fully saturated rings. The Morgan fingerprint density at radius 1 is 0.936 bits per heavy atom. The lowest BCUT2D eigenvalue weighted by Gasteiger charge is -2.70. The molecule has 8 atom stereocenters. The van der Waals surface area contributed by atoms with Crippen molar-refractivity contribution in [2.75, 3.05) is 45.2 Å². The quantitative estimate of drug-likeness (QED) is 0.292. The zero-order valence-corrected chi connectivity index (χ0v) is 28.6. The number of hydrogen-bond acceptors (Lipinski definition) is 5. The monoisotopic (exact) mass is 630 g/mol. The van der Waals surface area contributed by atoms with Gasteiger partial charge in [0, 0.05) is 47.3 Å². The lowest BCUT2D eigenvalue weighted by molar-refractivity contribution is -0.174. The molecule has 2 aromatic carbocycles. The normalized spacial score (nSPS) is 41.0. The fourth-order valence-corrected chi connectivity index (χ4v) is 14.8. The summed E-state index contributed by atoms with van der Waals surface area (Å²) >= 11 is 0. The molecule has 6 nitrogen and oxygen atoms in total. The van der Waals surface area contributed by atoms with Gasteiger partial charge in [0.25, 0.3) is 0 Å². The second-order valence-corrected chi connectivity index (χ2v) is 17.1. The van der Waals surface area contributed by atoms with E-state index in [9.17, 15) is 4.79 Å². The van der Waals surface area contributed by atoms with Crippen molar-refractivity contribution in [3.8, 4) is 0 Å². The molecule has 0 amide bonds. The van der Waals surface area contributed by atoms with Gasteiger partial charge in [0.2, 0.25) is 0 Å². The van der Waals surface area contributed by atoms with Gasteiger partial charge in [-0.05, 0) is 130 Å². The van der Waals surface area contributed by atoms with Crippen LogP contribution in [0.25, 0.3) is 10.9 Å². The molecule has 246 valence electrons. The molecule has 6 heteroatoms. The number of aromatic nitrogens is 1. The minimum Gasteiger partial charge on any atom is -0.469 e. The van der Waals surface area contributed by atoms with E-state index in [0.717, 1.165) is 25.8 Å². The summed E-state index contributed by atoms with van der Waals surface area (Å²) in [5, 5.41) is 1.49. The Labute approximate surface area is 279 Å². The Morgan fingerprint density at radius 2 is 1.79 bits per heavy atom. The standard InChI is InChI=1S/C41H50N4O2/c1-4-38-14-7-19-43-21-13-28-27-9-5-6-10-31(27)45(34(28)35(38)43)33(25-38)26-11-12-32-29(23-26)40-18-22-44-20-8-15-39(37(40)44)16-17-41(40,42(32)2)30(24-39)36(46)47-3/h5-6,9-12,23,30,33,35,37H,4,7-8,13-22,24-25H2,1-3H3/t30-,33+,35-,37+,38-,39-,40-,41-/m0/s1. The maximum atomic E-state index is 13.9. The molecule has 3 spiro atoms. The smallest absolute Gasteiger partial charge is 0.311 e. The Morgan fingerprint density at radius 3 is 2.66 bits per heavy atom. The number of anilines is 1. The number of piperidine rings is 2. The third kappa shape index (κ3) is 2.96. The van der Waals surface area contributed by atoms with Crippen molar-refractivity contribution >= 4 is 22.6 Å². The van der Waals surface area contributed by atoms with Crippen LogP contribution in [-0.2, 0) is 21.4 Å². The minimum absolute atomic E-state index is 0.0255. The van der Waals surface area contributed by atoms with Crippen LogP contribution in [0.3, 0.4) is 0 Å². The van der Waals surface area contributed by atoms with Crippen LogP contribution >= 0.6 is 0 Å². The molecule has 2 bridgehead atoms. The van der Waals surface area contributed by atoms with Gasteiger partial charge in [-0.3, -0.25) is 14.6 Å². The first-order valence-electron chi connectivity index (χ1n) is 19.0. The predicted molar refractivity (Wildman–Crippen MR) is 185 cm³/mol. The summed E-state index contributed by atoms with van der Waals surface area (Å²) in [4.78, 5) is 22.2. The number of fused-ring (bicyclic) bond motifs is 6. The summed E-state index contributed by atoms with van der Waals surface area (Å²) in [5.74, 6) is -0.0369. The first-order chi connectivity index (χ1) is 22.9. The van der Waals surface area contributed by atoms with Crippen LogP contribution in [0, 0.1) is 16.7 Å². The Kier molecular flexibility index (Phi) is 5.39. The second-order valence-electron chi connectivity index (χ2n) is 17.1. The van der Waals surface area contributed by atoms with Gasteiger partial charge in [0.05, 0.1) is 30.7 Å². The fourth-order valence-electron chi connectivity index (χ4n) is 14.8. The SMILES string of the molecule is CC[C@]12CCCN3CCc4c(n(c5ccccc45)[C@@H](c4ccc5c(c4)[C@]46CCN7CCC[C@@]8(CC[C@@]4([C@H](C(=O)OC)C8)N5C)[C@@H]76)C1)[C@H]32. The van der Waals surface area contributed by atoms with Crippen molar-refractivity contribution in [1.82, 2.24) is 14.4 Å². The van der Waals surface area contributed by atoms with E-state index in [1.165, 1.54) is 93.2 Å². The molecule has 47 heavy (non-hydrogen) atoms. The lowest BCUT2D eigenvalue weighted by atomic mass is 9.38. The van der Waals surface area contributed by atoms with Gasteiger partial charge in [-0.25, -0.2) is 0 Å². The maximum absolute atomic E-state index is 13.9. The number of benzene rings is 2. The number of ether oxygens (including phenoxy) is 1. The summed E-state index contributed by atoms with van der Waals surface area (Å²) in [5.41, 5.74) is 9.46. The van der Waals surface area contributed by atoms with Crippen molar-refractivity contribution in [2.45, 2.75) is 107 Å². The van der Waals surface area contributed by atoms with Crippen LogP contribution < -0.4 is 4.90 Å². The Hall–Kier alpha value is -2.83. The van der Waals surface area contributed by atoms with E-state index in [-0.39, 0.29) is 28.3 Å². The number of rotatable bonds is 3. The van der Waals surface area contributed by atoms with Crippen molar-refractivity contribution < 1.29 is 9.53 Å². The first-order valence-corrected chi connectivity index (χ1v) is 19.0. The molecule has 7 heterocycles. The third-order valence-corrected chi connectivity index (χ3v) is 16.3. The molecule has 9 aliphatic rings. The number of likely N-dealkylation sites (N-methyl/N-ethyl adjacent to an activating group) is 1. The van der Waals surface area contributed by atoms with E-state index in [2.05, 4.69) is 75.7 Å². The van der Waals surface area contributed by atoms with Crippen molar-refractivity contribution in [3.63, 3.8) is 0 Å². The number of carbonyl (C=O) groups excluding carboxylic acids is 1. The summed E-state index contributed by atoms with van der Waals surface area (Å²) in [6.45, 7) is 7.31. The fraction of sp³-hybridized carbons (Fsp3) is 0.634. The molecule has 0 radical (unpaired) electrons. The van der Waals surface area contributed by atoms with Crippen molar-refractivity contribution in [2.24, 2.45) is 16.7 Å². The number of methoxy groups -OCH3 is 1. The molecule has 3 saturated carbocycles. The van der Waals surface area contributed by atoms with Crippen molar-refractivity contribution in [1.29, 1.82) is 0 Å². The number of carbonyl (C=O) groups is 1. The molecule has 3 aromatic rings. The number of hydrogen-bond donors (Lipinski definition) is 0. The van der Waals surface area contributed by atoms with E-state index in [4.69, 9.17) is 4.74 Å². The molecule has 1 aromatic heterocycles. The first kappa shape index (κ1) is 28.1. The molecule has 6 aliphatic heterocycles. The van der Waals surface area contributed by atoms with E-state index in [1.54, 1.807) is 23.9 Å². The van der Waals surface area contributed by atoms with Crippen LogP contribution in [0.1, 0.15) is 106 Å². The van der Waals surface area contributed by atoms with Gasteiger partial charge in [-0.15, -0.1) is 0 Å². The van der Waals surface area contributed by atoms with Crippen LogP contribution in [-0.4, -0.2) is 72.3 Å². The maximum Gasteiger partial charge on any atom is 0.311 e. The topological polar surface area (TPSA) is 41.0 Å². The third-order valence-electron chi connectivity index (χ3n) is 16.3. The minimum atomic E-state index is -0.203. The summed E-state index contributed by atoms with van der Waals surface area (Å²) in [6, 6.07) is 18.4. The number of para-hydroxylation sites is 1. The molecule has 0 N–H and O–H groups in total. The van der Waals surface area contributed by atoms with Crippen molar-refractivity contribution in [3.05, 3.63) is 64.8 Å². The average molecular weight is 631 g/mol. The highest BCUT2D eigenvalue weighted by molar-refractivity contribution is 5.87. The van der Waals surface area contributed by atoms with E-state index < -0.39 is 0 Å². The van der Waals surface area contributed by atoms with Gasteiger partial charge < -0.3 is 14.2 Å². The highest BCUT2D eigenvalue weighted by Crippen LogP contribution is 2.76. The Bertz CT molecular complexity index is 1860. The largest absolute Gasteiger partial charge is 0.469 e. The second kappa shape index (κ2) is 9.04. The van der Waals surface area contributed by atoms with Crippen LogP contribution in [0.4, 0.5) is 5.69 Å². The number of nitrogens with zero attached hydrogens (tertiary/aromatic N) is 4. The molecule has 12 rings (SSSR count). The summed E-state index contributed by atoms with van der Waals surface area (Å²) in [6.07, 6.45) is 13.3. The van der Waals surface area contributed by atoms with Gasteiger partial charge in [0.15, 0.2) is 0 Å². The van der Waals surface area contributed by atoms with Gasteiger partial charge in [-0.1, -0.05) is 37.3 Å². The molecule has 3 aliphatic carbocycles. The summed E-state index contributed by atoms with van der Waals surface area (Å²) in [7, 11) is 3.95. The highest BCUT2D eigenvalue weighted by Gasteiger charge is 2.80. The molecule has 3 saturated heterocycles. The molecule has 0 unspecified atom stereocenters. The lowest BCUT2D eigenvalue weighted by Crippen LogP contribution is -2.78. The number of esters is 1. The van der Waals surface area contributed by atoms with E-state index in [0.29, 0.717) is 23.5 Å². The van der Waals surface area contributed by atoms with E-state index in [1.807, 2.05) is 0 Å². The predicted octanol–water partition coefficient (Wildman–Crippen LogP) is 6.99. The summed E-state index contributed by atoms with van der Waals surface area (Å²) < 4.78 is 8.51. The highest BCUT2D eigenvalue weighted by atomic mass is 16.5. The van der Waals surface area contributed by atoms with Gasteiger partial charge in [-0.2, -0.15) is 0 Å². The van der Waals surface area contributed by atoms with Crippen LogP contribution in [0.5, 0.6) is 0 Å². The zero-order chi connectivity index (χ0) is 31.5. The van der Waals surface area contributed by atoms with Gasteiger partial charge >= 0.3 is 5.97 Å². The van der Waals surface area contributed by atoms with Gasteiger partial charge in [0.1, 0.15) is 0 Å². The zero-order valence-electron chi connectivity index (χ0n) is 28.6. The Balaban J connectivity index is 1.15. The molecular weight excluding hydrogens is 580 g/mol.